The summed E-state index contributed by atoms with van der Waals surface area (Å²) < 4.78 is 43.8. The van der Waals surface area contributed by atoms with E-state index in [1.165, 1.54) is 28.0 Å². The highest BCUT2D eigenvalue weighted by molar-refractivity contribution is 6.44. The number of hydrogen-bond acceptors (Lipinski definition) is 15. The van der Waals surface area contributed by atoms with Gasteiger partial charge in [0.1, 0.15) is 23.9 Å². The van der Waals surface area contributed by atoms with Crippen molar-refractivity contribution in [3.63, 3.8) is 0 Å². The Hall–Kier alpha value is -11.6. The summed E-state index contributed by atoms with van der Waals surface area (Å²) in [5, 5.41) is 14.1. The van der Waals surface area contributed by atoms with Crippen LogP contribution in [0.5, 0.6) is 0 Å². The maximum atomic E-state index is 14.7. The predicted molar refractivity (Wildman–Crippen MR) is 371 cm³/mol. The summed E-state index contributed by atoms with van der Waals surface area (Å²) in [4.78, 5) is 189. The lowest BCUT2D eigenvalue weighted by Crippen LogP contribution is -2.52. The third kappa shape index (κ3) is 16.6. The van der Waals surface area contributed by atoms with Crippen molar-refractivity contribution in [1.29, 1.82) is 0 Å². The first-order valence-corrected chi connectivity index (χ1v) is 34.1. The lowest BCUT2D eigenvalue weighted by atomic mass is 9.86. The maximum Gasteiger partial charge on any atom is 0.292 e. The lowest BCUT2D eigenvalue weighted by molar-refractivity contribution is -0.138. The third-order valence-electron chi connectivity index (χ3n) is 19.2. The van der Waals surface area contributed by atoms with E-state index in [0.717, 1.165) is 33.7 Å². The molecule has 3 fully saturated rings. The van der Waals surface area contributed by atoms with Gasteiger partial charge in [-0.2, -0.15) is 0 Å². The van der Waals surface area contributed by atoms with Gasteiger partial charge in [0.25, 0.3) is 35.4 Å². The number of nitrogens with zero attached hydrogens (tertiary/aromatic N) is 3. The SMILES string of the molecule is CC(C)(C)c1ccc(C(=O)C(=O)NCc2c(F)c(F)cc3c2CN(C2CCC(=O)NC2=O)C3=O)cc1.CC(C)(C)c1ccc(C(=O)C(=O)NCc2c(F)ccc3c2CN(C2CCC(=O)NC2=O)C3=O)cc1.CC(C)(C)c1ccc(C(=O)C(=O)NCc2cccc3c2CN(C2CCC(=O)NC2=O)C3=O)cc1. The molecule has 0 aliphatic carbocycles. The number of rotatable bonds is 15. The zero-order valence-corrected chi connectivity index (χ0v) is 59.2. The van der Waals surface area contributed by atoms with E-state index in [2.05, 4.69) is 52.7 Å². The number of benzene rings is 6. The molecule has 3 saturated heterocycles. The Morgan fingerprint density at radius 3 is 1.10 bits per heavy atom. The van der Waals surface area contributed by atoms with Crippen molar-refractivity contribution >= 4 is 88.2 Å². The molecule has 12 rings (SSSR count). The number of piperidine rings is 3. The minimum absolute atomic E-state index is 0.0288. The summed E-state index contributed by atoms with van der Waals surface area (Å²) >= 11 is 0. The van der Waals surface area contributed by atoms with Gasteiger partial charge in [0.2, 0.25) is 52.8 Å². The average Bonchev–Trinajstić information content (AvgIpc) is 1.62. The lowest BCUT2D eigenvalue weighted by Gasteiger charge is -2.29. The van der Waals surface area contributed by atoms with Gasteiger partial charge in [-0.1, -0.05) is 147 Å². The van der Waals surface area contributed by atoms with Crippen molar-refractivity contribution in [2.45, 2.75) is 174 Å². The molecule has 6 aliphatic heterocycles. The second-order valence-electron chi connectivity index (χ2n) is 29.4. The second-order valence-corrected chi connectivity index (χ2v) is 29.4. The standard InChI is InChI=1S/C26H25F2N3O5.C26H26FN3O5.C26H27N3O5/c1-26(2,3)14-6-4-13(5-7-14)22(33)24(35)29-11-16-17-12-31(19-8-9-20(32)30-23(19)34)25(36)15(17)10-18(27)21(16)28;1-26(2,3)15-6-4-14(5-7-15)22(32)24(34)28-12-17-18-13-30(20-10-11-21(31)29-23(20)33)25(35)16(18)8-9-19(17)27;1-26(2,3)17-9-7-15(8-10-17)22(31)24(33)27-13-16-5-4-6-18-19(16)14-29(25(18)34)20-11-12-21(30)28-23(20)32/h4-7,10,19H,8-9,11-12H2,1-3H3,(H,29,35)(H,30,32,34);4-9,20H,10-13H2,1-3H3,(H,28,34)(H,29,31,33);4-10,20H,11-14H2,1-3H3,(H,27,33)(H,28,30,32). The number of carbonyl (C=O) groups is 15. The Balaban J connectivity index is 0.000000169. The van der Waals surface area contributed by atoms with Crippen molar-refractivity contribution in [3.8, 4) is 0 Å². The highest BCUT2D eigenvalue weighted by Crippen LogP contribution is 2.36. The van der Waals surface area contributed by atoms with Crippen LogP contribution < -0.4 is 31.9 Å². The fourth-order valence-corrected chi connectivity index (χ4v) is 13.1. The van der Waals surface area contributed by atoms with Crippen LogP contribution >= 0.6 is 0 Å². The molecule has 3 atom stereocenters. The van der Waals surface area contributed by atoms with Crippen LogP contribution in [0.15, 0.2) is 109 Å². The molecule has 0 radical (unpaired) electrons. The monoisotopic (exact) mass is 1440 g/mol. The predicted octanol–water partition coefficient (Wildman–Crippen LogP) is 7.15. The van der Waals surface area contributed by atoms with E-state index in [-0.39, 0.29) is 138 Å². The summed E-state index contributed by atoms with van der Waals surface area (Å²) in [7, 11) is 0. The van der Waals surface area contributed by atoms with Gasteiger partial charge >= 0.3 is 0 Å². The van der Waals surface area contributed by atoms with Gasteiger partial charge in [-0.05, 0) is 98.7 Å². The van der Waals surface area contributed by atoms with Gasteiger partial charge in [-0.15, -0.1) is 0 Å². The molecule has 6 N–H and O–H groups in total. The average molecular weight is 1440 g/mol. The van der Waals surface area contributed by atoms with Crippen molar-refractivity contribution in [3.05, 3.63) is 210 Å². The number of carbonyl (C=O) groups excluding carboxylic acids is 15. The van der Waals surface area contributed by atoms with E-state index in [0.29, 0.717) is 27.8 Å². The van der Waals surface area contributed by atoms with E-state index in [9.17, 15) is 85.1 Å². The fraction of sp³-hybridized carbons (Fsp3) is 0.346. The van der Waals surface area contributed by atoms with Crippen molar-refractivity contribution in [2.24, 2.45) is 0 Å². The highest BCUT2D eigenvalue weighted by Gasteiger charge is 2.44. The third-order valence-corrected chi connectivity index (χ3v) is 19.2. The van der Waals surface area contributed by atoms with Gasteiger partial charge in [-0.3, -0.25) is 87.9 Å². The fourth-order valence-electron chi connectivity index (χ4n) is 13.1. The minimum Gasteiger partial charge on any atom is -0.345 e. The van der Waals surface area contributed by atoms with E-state index in [1.807, 2.05) is 53.7 Å². The normalized spacial score (nSPS) is 17.8. The van der Waals surface area contributed by atoms with Gasteiger partial charge in [0, 0.05) is 103 Å². The number of hydrogen-bond donors (Lipinski definition) is 6. The Labute approximate surface area is 602 Å². The van der Waals surface area contributed by atoms with Crippen LogP contribution in [0, 0.1) is 17.5 Å². The zero-order valence-electron chi connectivity index (χ0n) is 59.2. The quantitative estimate of drug-likeness (QED) is 0.0338. The van der Waals surface area contributed by atoms with Gasteiger partial charge in [0.05, 0.1) is 0 Å². The van der Waals surface area contributed by atoms with Crippen molar-refractivity contribution in [2.75, 3.05) is 0 Å². The van der Waals surface area contributed by atoms with Crippen LogP contribution in [0.25, 0.3) is 0 Å². The Morgan fingerprint density at radius 2 is 0.733 bits per heavy atom. The number of amides is 12. The largest absolute Gasteiger partial charge is 0.345 e. The molecular weight excluding hydrogens is 1360 g/mol. The van der Waals surface area contributed by atoms with E-state index >= 15 is 0 Å². The van der Waals surface area contributed by atoms with E-state index in [4.69, 9.17) is 0 Å². The molecule has 0 saturated carbocycles. The van der Waals surface area contributed by atoms with Gasteiger partial charge in [0.15, 0.2) is 11.6 Å². The first-order valence-electron chi connectivity index (χ1n) is 34.1. The topological polar surface area (TPSA) is 338 Å². The minimum atomic E-state index is -1.29. The zero-order chi connectivity index (χ0) is 76.5. The number of imide groups is 3. The summed E-state index contributed by atoms with van der Waals surface area (Å²) in [6.45, 7) is 17.6. The second kappa shape index (κ2) is 30.4. The van der Waals surface area contributed by atoms with E-state index in [1.54, 1.807) is 66.7 Å². The van der Waals surface area contributed by atoms with Crippen LogP contribution in [0.4, 0.5) is 13.2 Å². The van der Waals surface area contributed by atoms with Crippen LogP contribution in [-0.2, 0) is 98.7 Å². The summed E-state index contributed by atoms with van der Waals surface area (Å²) in [5.41, 5.74) is 5.64. The summed E-state index contributed by atoms with van der Waals surface area (Å²) in [6.07, 6.45) is 0.857. The van der Waals surface area contributed by atoms with Crippen LogP contribution in [0.1, 0.15) is 213 Å². The molecule has 105 heavy (non-hydrogen) atoms. The molecule has 12 amide bonds. The molecule has 0 aromatic heterocycles. The molecular formula is C78H78F3N9O15. The Bertz CT molecular complexity index is 4670. The molecule has 6 aliphatic rings. The molecule has 27 heteroatoms. The molecule has 24 nitrogen and oxygen atoms in total. The van der Waals surface area contributed by atoms with E-state index < -0.39 is 119 Å². The molecule has 6 heterocycles. The Kier molecular flexibility index (Phi) is 22.0. The number of Topliss-reactive ketones (excluding diaryl/α,β-unsaturated/α-hetero) is 3. The molecule has 0 bridgehead atoms. The molecule has 6 aromatic carbocycles. The first-order chi connectivity index (χ1) is 49.4. The molecule has 0 spiro atoms. The summed E-state index contributed by atoms with van der Waals surface area (Å²) in [6, 6.07) is 26.2. The van der Waals surface area contributed by atoms with Crippen LogP contribution in [-0.4, -0.2) is 121 Å². The number of nitrogens with one attached hydrogen (secondary N) is 6. The van der Waals surface area contributed by atoms with Gasteiger partial charge < -0.3 is 30.7 Å². The maximum absolute atomic E-state index is 14.7. The molecule has 546 valence electrons. The van der Waals surface area contributed by atoms with Crippen LogP contribution in [0.2, 0.25) is 0 Å². The Morgan fingerprint density at radius 1 is 0.400 bits per heavy atom. The number of ketones is 3. The van der Waals surface area contributed by atoms with Gasteiger partial charge in [-0.25, -0.2) is 13.2 Å². The number of fused-ring (bicyclic) bond motifs is 3. The highest BCUT2D eigenvalue weighted by atomic mass is 19.2. The molecule has 3 unspecified atom stereocenters. The molecule has 6 aromatic rings. The van der Waals surface area contributed by atoms with Crippen molar-refractivity contribution in [1.82, 2.24) is 46.6 Å². The van der Waals surface area contributed by atoms with Crippen LogP contribution in [0.3, 0.4) is 0 Å². The summed E-state index contributed by atoms with van der Waals surface area (Å²) in [5.74, 6) is -12.4. The smallest absolute Gasteiger partial charge is 0.292 e. The first kappa shape index (κ1) is 76.0. The van der Waals surface area contributed by atoms with Crippen molar-refractivity contribution < 1.29 is 85.1 Å². The number of halogens is 3.